The SMILES string of the molecule is O=C1N[C@]2(C(=O)NS(=O)(=O)C3CC3)C[C@H]2/C=C\CCCCCN(C2CC2)C(=O)C2C[C@H](OC(=O)N3Cc4cc5c(cc4C3)OCO5)C[C@@H]12. The number of sulfonamides is 1. The fraction of sp³-hybridized carbons (Fsp3) is 0.647. The summed E-state index contributed by atoms with van der Waals surface area (Å²) < 4.78 is 44.6. The van der Waals surface area contributed by atoms with E-state index in [0.29, 0.717) is 44.0 Å². The molecule has 2 N–H and O–H groups in total. The molecule has 0 aromatic heterocycles. The summed E-state index contributed by atoms with van der Waals surface area (Å²) in [5.41, 5.74) is 0.478. The fourth-order valence-corrected chi connectivity index (χ4v) is 9.18. The van der Waals surface area contributed by atoms with Gasteiger partial charge in [0.05, 0.1) is 17.1 Å². The lowest BCUT2D eigenvalue weighted by Crippen LogP contribution is -2.54. The molecule has 13 nitrogen and oxygen atoms in total. The molecule has 4 aliphatic carbocycles. The second kappa shape index (κ2) is 12.0. The number of allylic oxidation sites excluding steroid dienone is 1. The number of rotatable bonds is 5. The van der Waals surface area contributed by atoms with E-state index >= 15 is 0 Å². The van der Waals surface area contributed by atoms with Crippen LogP contribution >= 0.6 is 0 Å². The molecule has 48 heavy (non-hydrogen) atoms. The zero-order valence-corrected chi connectivity index (χ0v) is 27.7. The number of hydrogen-bond acceptors (Lipinski definition) is 9. The third-order valence-corrected chi connectivity index (χ3v) is 12.8. The van der Waals surface area contributed by atoms with Gasteiger partial charge in [0.25, 0.3) is 5.91 Å². The molecule has 14 heteroatoms. The van der Waals surface area contributed by atoms with Crippen molar-refractivity contribution in [3.63, 3.8) is 0 Å². The number of carbonyl (C=O) groups is 4. The van der Waals surface area contributed by atoms with Crippen LogP contribution in [0, 0.1) is 17.8 Å². The Kier molecular flexibility index (Phi) is 7.84. The van der Waals surface area contributed by atoms with Gasteiger partial charge in [-0.15, -0.1) is 0 Å². The molecule has 258 valence electrons. The molecule has 1 aromatic rings. The third-order valence-electron chi connectivity index (χ3n) is 11.0. The number of fused-ring (bicyclic) bond motifs is 4. The first-order chi connectivity index (χ1) is 23.1. The van der Waals surface area contributed by atoms with Crippen LogP contribution in [0.4, 0.5) is 4.79 Å². The van der Waals surface area contributed by atoms with Gasteiger partial charge < -0.3 is 24.4 Å². The van der Waals surface area contributed by atoms with Gasteiger partial charge in [0, 0.05) is 31.6 Å². The number of nitrogens with one attached hydrogen (secondary N) is 2. The van der Waals surface area contributed by atoms with Crippen LogP contribution in [0.25, 0.3) is 0 Å². The molecule has 4 fully saturated rings. The van der Waals surface area contributed by atoms with Crippen LogP contribution in [0.2, 0.25) is 0 Å². The molecule has 3 heterocycles. The van der Waals surface area contributed by atoms with Crippen LogP contribution in [-0.4, -0.2) is 78.3 Å². The minimum Gasteiger partial charge on any atom is -0.454 e. The summed E-state index contributed by atoms with van der Waals surface area (Å²) in [5.74, 6) is -1.99. The number of benzene rings is 1. The van der Waals surface area contributed by atoms with E-state index in [2.05, 4.69) is 10.0 Å². The van der Waals surface area contributed by atoms with Gasteiger partial charge >= 0.3 is 6.09 Å². The van der Waals surface area contributed by atoms with Gasteiger partial charge in [0.1, 0.15) is 11.6 Å². The first-order valence-corrected chi connectivity index (χ1v) is 18.9. The minimum absolute atomic E-state index is 0.116. The Morgan fingerprint density at radius 2 is 1.67 bits per heavy atom. The summed E-state index contributed by atoms with van der Waals surface area (Å²) in [5, 5.41) is 2.33. The second-order valence-electron chi connectivity index (χ2n) is 14.5. The van der Waals surface area contributed by atoms with Crippen LogP contribution < -0.4 is 19.5 Å². The Balaban J connectivity index is 1.01. The molecule has 3 aliphatic heterocycles. The average Bonchev–Trinajstić information content (AvgIpc) is 4.01. The molecule has 0 bridgehead atoms. The highest BCUT2D eigenvalue weighted by molar-refractivity contribution is 7.91. The summed E-state index contributed by atoms with van der Waals surface area (Å²) in [6, 6.07) is 3.90. The van der Waals surface area contributed by atoms with Gasteiger partial charge in [-0.3, -0.25) is 24.0 Å². The van der Waals surface area contributed by atoms with Crippen molar-refractivity contribution in [3.05, 3.63) is 35.4 Å². The first-order valence-electron chi connectivity index (χ1n) is 17.3. The van der Waals surface area contributed by atoms with Crippen molar-refractivity contribution in [1.29, 1.82) is 0 Å². The van der Waals surface area contributed by atoms with Crippen LogP contribution in [0.3, 0.4) is 0 Å². The van der Waals surface area contributed by atoms with Crippen molar-refractivity contribution < 1.29 is 41.8 Å². The zero-order chi connectivity index (χ0) is 33.2. The number of hydrogen-bond donors (Lipinski definition) is 2. The predicted molar refractivity (Wildman–Crippen MR) is 170 cm³/mol. The quantitative estimate of drug-likeness (QED) is 0.445. The standard InChI is InChI=1S/C34H42N4O9S/c39-30-26-14-24(47-33(42)37-17-20-12-28-29(46-19-45-28)13-21(20)18-37)15-27(26)31(40)38(23-7-8-23)11-5-3-1-2-4-6-22-16-34(22,35-30)32(41)36-48(43,44)25-9-10-25/h4,6,12-13,22-27H,1-3,5,7-11,14-19H2,(H,35,39)(H,36,41)/b6-4-/t22-,24-,26-,27?,34-/m1/s1. The van der Waals surface area contributed by atoms with Gasteiger partial charge in [-0.2, -0.15) is 0 Å². The van der Waals surface area contributed by atoms with Crippen molar-refractivity contribution in [1.82, 2.24) is 19.8 Å². The van der Waals surface area contributed by atoms with E-state index in [0.717, 1.165) is 49.7 Å². The van der Waals surface area contributed by atoms with E-state index < -0.39 is 56.7 Å². The smallest absolute Gasteiger partial charge is 0.410 e. The first kappa shape index (κ1) is 31.5. The Morgan fingerprint density at radius 3 is 2.35 bits per heavy atom. The van der Waals surface area contributed by atoms with Crippen molar-refractivity contribution in [2.75, 3.05) is 13.3 Å². The molecular formula is C34H42N4O9S. The molecule has 1 aromatic carbocycles. The van der Waals surface area contributed by atoms with E-state index in [-0.39, 0.29) is 43.9 Å². The monoisotopic (exact) mass is 682 g/mol. The Hall–Kier alpha value is -3.81. The second-order valence-corrected chi connectivity index (χ2v) is 16.5. The van der Waals surface area contributed by atoms with E-state index in [1.807, 2.05) is 29.2 Å². The summed E-state index contributed by atoms with van der Waals surface area (Å²) in [6.07, 6.45) is 9.64. The highest BCUT2D eigenvalue weighted by atomic mass is 32.2. The van der Waals surface area contributed by atoms with Gasteiger partial charge in [0.2, 0.25) is 28.6 Å². The number of carbonyl (C=O) groups excluding carboxylic acids is 4. The summed E-state index contributed by atoms with van der Waals surface area (Å²) in [4.78, 5) is 58.9. The number of ether oxygens (including phenoxy) is 3. The maximum atomic E-state index is 14.2. The van der Waals surface area contributed by atoms with Crippen molar-refractivity contribution in [2.45, 2.75) is 107 Å². The fourth-order valence-electron chi connectivity index (χ4n) is 7.81. The molecule has 7 aliphatic rings. The van der Waals surface area contributed by atoms with Crippen LogP contribution in [0.15, 0.2) is 24.3 Å². The normalized spacial score (nSPS) is 32.2. The third kappa shape index (κ3) is 6.00. The molecule has 0 spiro atoms. The predicted octanol–water partition coefficient (Wildman–Crippen LogP) is 2.87. The van der Waals surface area contributed by atoms with E-state index in [1.54, 1.807) is 4.90 Å². The molecular weight excluding hydrogens is 640 g/mol. The summed E-state index contributed by atoms with van der Waals surface area (Å²) in [6.45, 7) is 1.46. The zero-order valence-electron chi connectivity index (χ0n) is 26.9. The lowest BCUT2D eigenvalue weighted by atomic mass is 9.92. The van der Waals surface area contributed by atoms with Crippen LogP contribution in [-0.2, 0) is 42.2 Å². The number of amides is 4. The van der Waals surface area contributed by atoms with Crippen LogP contribution in [0.5, 0.6) is 11.5 Å². The number of nitrogens with zero attached hydrogens (tertiary/aromatic N) is 2. The molecule has 4 saturated carbocycles. The maximum absolute atomic E-state index is 14.2. The molecule has 4 amide bonds. The van der Waals surface area contributed by atoms with Gasteiger partial charge in [-0.1, -0.05) is 18.6 Å². The van der Waals surface area contributed by atoms with Crippen molar-refractivity contribution >= 4 is 33.8 Å². The van der Waals surface area contributed by atoms with E-state index in [1.165, 1.54) is 0 Å². The summed E-state index contributed by atoms with van der Waals surface area (Å²) in [7, 11) is -3.83. The summed E-state index contributed by atoms with van der Waals surface area (Å²) >= 11 is 0. The van der Waals surface area contributed by atoms with Crippen molar-refractivity contribution in [2.24, 2.45) is 17.8 Å². The van der Waals surface area contributed by atoms with Gasteiger partial charge in [0.15, 0.2) is 11.5 Å². The van der Waals surface area contributed by atoms with E-state index in [4.69, 9.17) is 14.2 Å². The largest absolute Gasteiger partial charge is 0.454 e. The minimum atomic E-state index is -3.83. The topological polar surface area (TPSA) is 161 Å². The van der Waals surface area contributed by atoms with Gasteiger partial charge in [-0.25, -0.2) is 13.2 Å². The molecule has 1 unspecified atom stereocenters. The maximum Gasteiger partial charge on any atom is 0.410 e. The highest BCUT2D eigenvalue weighted by Gasteiger charge is 2.62. The molecule has 5 atom stereocenters. The highest BCUT2D eigenvalue weighted by Crippen LogP contribution is 2.47. The van der Waals surface area contributed by atoms with Crippen LogP contribution in [0.1, 0.15) is 81.8 Å². The molecule has 0 saturated heterocycles. The Labute approximate surface area is 279 Å². The lowest BCUT2D eigenvalue weighted by Gasteiger charge is -2.29. The van der Waals surface area contributed by atoms with E-state index in [9.17, 15) is 27.6 Å². The van der Waals surface area contributed by atoms with Gasteiger partial charge in [-0.05, 0) is 87.5 Å². The molecule has 8 rings (SSSR count). The molecule has 0 radical (unpaired) electrons. The Morgan fingerprint density at radius 1 is 0.958 bits per heavy atom. The van der Waals surface area contributed by atoms with Crippen molar-refractivity contribution in [3.8, 4) is 11.5 Å². The lowest BCUT2D eigenvalue weighted by molar-refractivity contribution is -0.142. The Bertz CT molecular complexity index is 1640. The average molecular weight is 683 g/mol.